The molecule has 0 saturated heterocycles. The molecule has 0 unspecified atom stereocenters. The molecule has 1 N–H and O–H groups in total. The summed E-state index contributed by atoms with van der Waals surface area (Å²) in [5, 5.41) is 2.43. The Morgan fingerprint density at radius 1 is 1.00 bits per heavy atom. The van der Waals surface area contributed by atoms with Crippen molar-refractivity contribution in [1.82, 2.24) is 0 Å². The van der Waals surface area contributed by atoms with Crippen molar-refractivity contribution in [1.29, 1.82) is 0 Å². The molecule has 0 fully saturated rings. The number of benzene rings is 2. The van der Waals surface area contributed by atoms with Crippen molar-refractivity contribution < 1.29 is 32.6 Å². The van der Waals surface area contributed by atoms with Crippen molar-refractivity contribution in [3.8, 4) is 0 Å². The zero-order chi connectivity index (χ0) is 18.4. The van der Waals surface area contributed by atoms with E-state index in [9.17, 15) is 23.2 Å². The minimum atomic E-state index is -1.09. The van der Waals surface area contributed by atoms with Gasteiger partial charge >= 0.3 is 11.9 Å². The molecule has 0 atom stereocenters. The number of rotatable bonds is 5. The second kappa shape index (κ2) is 8.00. The number of anilines is 1. The molecule has 2 aromatic rings. The molecule has 2 rings (SSSR count). The quantitative estimate of drug-likeness (QED) is 0.839. The summed E-state index contributed by atoms with van der Waals surface area (Å²) < 4.78 is 35.4. The molecule has 0 heterocycles. The molecule has 0 aliphatic heterocycles. The highest BCUT2D eigenvalue weighted by Crippen LogP contribution is 2.12. The molecule has 0 radical (unpaired) electrons. The fourth-order valence-electron chi connectivity index (χ4n) is 1.87. The molecule has 25 heavy (non-hydrogen) atoms. The molecule has 8 heteroatoms. The highest BCUT2D eigenvalue weighted by atomic mass is 19.1. The summed E-state index contributed by atoms with van der Waals surface area (Å²) in [5.74, 6) is -4.19. The minimum absolute atomic E-state index is 0.304. The Bertz CT molecular complexity index is 805. The number of hydrogen-bond acceptors (Lipinski definition) is 5. The number of carbonyl (C=O) groups excluding carboxylic acids is 3. The van der Waals surface area contributed by atoms with Gasteiger partial charge in [-0.2, -0.15) is 0 Å². The summed E-state index contributed by atoms with van der Waals surface area (Å²) in [4.78, 5) is 34.7. The lowest BCUT2D eigenvalue weighted by molar-refractivity contribution is -0.119. The van der Waals surface area contributed by atoms with Crippen molar-refractivity contribution in [3.05, 3.63) is 65.2 Å². The number of hydrogen-bond donors (Lipinski definition) is 1. The second-order valence-corrected chi connectivity index (χ2v) is 4.82. The maximum atomic E-state index is 13.4. The first kappa shape index (κ1) is 18.1. The normalized spacial score (nSPS) is 10.0. The smallest absolute Gasteiger partial charge is 0.341 e. The summed E-state index contributed by atoms with van der Waals surface area (Å²) in [6, 6.07) is 8.19. The van der Waals surface area contributed by atoms with Crippen LogP contribution in [0.5, 0.6) is 0 Å². The van der Waals surface area contributed by atoms with Crippen LogP contribution in [0, 0.1) is 11.6 Å². The van der Waals surface area contributed by atoms with Gasteiger partial charge in [-0.05, 0) is 36.4 Å². The summed E-state index contributed by atoms with van der Waals surface area (Å²) >= 11 is 0. The topological polar surface area (TPSA) is 81.7 Å². The Hall–Kier alpha value is -3.29. The van der Waals surface area contributed by atoms with Crippen molar-refractivity contribution >= 4 is 23.5 Å². The van der Waals surface area contributed by atoms with Gasteiger partial charge in [-0.25, -0.2) is 18.4 Å². The van der Waals surface area contributed by atoms with Gasteiger partial charge in [0, 0.05) is 11.8 Å². The van der Waals surface area contributed by atoms with Crippen LogP contribution in [0.25, 0.3) is 0 Å². The lowest BCUT2D eigenvalue weighted by Crippen LogP contribution is -2.21. The van der Waals surface area contributed by atoms with E-state index in [0.29, 0.717) is 17.3 Å². The third-order valence-electron chi connectivity index (χ3n) is 3.08. The molecule has 0 spiro atoms. The SMILES string of the molecule is COC(=O)c1ccc(NC(=O)COC(=O)c2ccc(F)cc2F)cc1. The Morgan fingerprint density at radius 2 is 1.68 bits per heavy atom. The number of methoxy groups -OCH3 is 1. The van der Waals surface area contributed by atoms with Gasteiger partial charge in [0.15, 0.2) is 6.61 Å². The first-order chi connectivity index (χ1) is 11.9. The van der Waals surface area contributed by atoms with Crippen molar-refractivity contribution in [2.45, 2.75) is 0 Å². The van der Waals surface area contributed by atoms with Crippen molar-refractivity contribution in [3.63, 3.8) is 0 Å². The van der Waals surface area contributed by atoms with Crippen LogP contribution in [0.15, 0.2) is 42.5 Å². The number of nitrogens with one attached hydrogen (secondary N) is 1. The van der Waals surface area contributed by atoms with Crippen LogP contribution >= 0.6 is 0 Å². The van der Waals surface area contributed by atoms with Gasteiger partial charge in [0.05, 0.1) is 18.2 Å². The van der Waals surface area contributed by atoms with E-state index < -0.39 is 41.7 Å². The van der Waals surface area contributed by atoms with Crippen LogP contribution in [0.2, 0.25) is 0 Å². The van der Waals surface area contributed by atoms with Gasteiger partial charge in [-0.15, -0.1) is 0 Å². The molecule has 0 aliphatic carbocycles. The summed E-state index contributed by atoms with van der Waals surface area (Å²) in [6.45, 7) is -0.658. The number of esters is 2. The van der Waals surface area contributed by atoms with Gasteiger partial charge < -0.3 is 14.8 Å². The van der Waals surface area contributed by atoms with Crippen molar-refractivity contribution in [2.24, 2.45) is 0 Å². The van der Waals surface area contributed by atoms with E-state index >= 15 is 0 Å². The van der Waals surface area contributed by atoms with Crippen LogP contribution in [0.4, 0.5) is 14.5 Å². The third-order valence-corrected chi connectivity index (χ3v) is 3.08. The molecule has 1 amide bonds. The first-order valence-electron chi connectivity index (χ1n) is 7.01. The molecule has 0 saturated carbocycles. The van der Waals surface area contributed by atoms with Crippen LogP contribution < -0.4 is 5.32 Å². The van der Waals surface area contributed by atoms with Gasteiger partial charge in [0.2, 0.25) is 0 Å². The monoisotopic (exact) mass is 349 g/mol. The lowest BCUT2D eigenvalue weighted by Gasteiger charge is -2.08. The maximum Gasteiger partial charge on any atom is 0.341 e. The fraction of sp³-hybridized carbons (Fsp3) is 0.118. The Balaban J connectivity index is 1.90. The van der Waals surface area contributed by atoms with Gasteiger partial charge in [-0.3, -0.25) is 4.79 Å². The van der Waals surface area contributed by atoms with E-state index in [1.807, 2.05) is 0 Å². The van der Waals surface area contributed by atoms with Gasteiger partial charge in [0.25, 0.3) is 5.91 Å². The molecule has 6 nitrogen and oxygen atoms in total. The molecule has 130 valence electrons. The van der Waals surface area contributed by atoms with E-state index in [1.165, 1.54) is 31.4 Å². The summed E-state index contributed by atoms with van der Waals surface area (Å²) in [7, 11) is 1.25. The zero-order valence-electron chi connectivity index (χ0n) is 13.0. The van der Waals surface area contributed by atoms with E-state index in [1.54, 1.807) is 0 Å². The molecule has 2 aromatic carbocycles. The highest BCUT2D eigenvalue weighted by Gasteiger charge is 2.15. The Kier molecular flexibility index (Phi) is 5.78. The zero-order valence-corrected chi connectivity index (χ0v) is 13.0. The van der Waals surface area contributed by atoms with E-state index in [4.69, 9.17) is 0 Å². The first-order valence-corrected chi connectivity index (χ1v) is 7.01. The number of amides is 1. The second-order valence-electron chi connectivity index (χ2n) is 4.82. The van der Waals surface area contributed by atoms with E-state index in [0.717, 1.165) is 12.1 Å². The van der Waals surface area contributed by atoms with Crippen LogP contribution in [0.1, 0.15) is 20.7 Å². The predicted molar refractivity (Wildman–Crippen MR) is 83.1 cm³/mol. The van der Waals surface area contributed by atoms with E-state index in [-0.39, 0.29) is 0 Å². The maximum absolute atomic E-state index is 13.4. The van der Waals surface area contributed by atoms with Gasteiger partial charge in [0.1, 0.15) is 11.6 Å². The van der Waals surface area contributed by atoms with Crippen molar-refractivity contribution in [2.75, 3.05) is 19.0 Å². The molecular weight excluding hydrogens is 336 g/mol. The Labute approximate surface area is 141 Å². The Morgan fingerprint density at radius 3 is 2.28 bits per heavy atom. The molecule has 0 aromatic heterocycles. The van der Waals surface area contributed by atoms with E-state index in [2.05, 4.69) is 14.8 Å². The largest absolute Gasteiger partial charge is 0.465 e. The average Bonchev–Trinajstić information content (AvgIpc) is 2.59. The number of ether oxygens (including phenoxy) is 2. The standard InChI is InChI=1S/C17H13F2NO5/c1-24-16(22)10-2-5-12(6-3-10)20-15(21)9-25-17(23)13-7-4-11(18)8-14(13)19/h2-8H,9H2,1H3,(H,20,21). The lowest BCUT2D eigenvalue weighted by atomic mass is 10.2. The number of halogens is 2. The predicted octanol–water partition coefficient (Wildman–Crippen LogP) is 2.55. The number of carbonyl (C=O) groups is 3. The third kappa shape index (κ3) is 4.84. The molecule has 0 bridgehead atoms. The van der Waals surface area contributed by atoms with Crippen LogP contribution in [-0.4, -0.2) is 31.6 Å². The van der Waals surface area contributed by atoms with Gasteiger partial charge in [-0.1, -0.05) is 0 Å². The summed E-state index contributed by atoms with van der Waals surface area (Å²) in [6.07, 6.45) is 0. The summed E-state index contributed by atoms with van der Waals surface area (Å²) in [5.41, 5.74) is 0.192. The van der Waals surface area contributed by atoms with Crippen LogP contribution in [0.3, 0.4) is 0 Å². The minimum Gasteiger partial charge on any atom is -0.465 e. The average molecular weight is 349 g/mol. The highest BCUT2D eigenvalue weighted by molar-refractivity contribution is 5.96. The van der Waals surface area contributed by atoms with Crippen LogP contribution in [-0.2, 0) is 14.3 Å². The molecule has 0 aliphatic rings. The molecular formula is C17H13F2NO5. The fourth-order valence-corrected chi connectivity index (χ4v) is 1.87.